The summed E-state index contributed by atoms with van der Waals surface area (Å²) < 4.78 is 3.45. The van der Waals surface area contributed by atoms with E-state index in [1.165, 1.54) is 0 Å². The Balaban J connectivity index is 2.51. The van der Waals surface area contributed by atoms with Crippen molar-refractivity contribution in [1.82, 2.24) is 4.57 Å². The second-order valence-corrected chi connectivity index (χ2v) is 7.70. The molecule has 0 bridgehead atoms. The molecule has 26 heavy (non-hydrogen) atoms. The lowest BCUT2D eigenvalue weighted by atomic mass is 9.88. The number of aromatic nitrogens is 2. The van der Waals surface area contributed by atoms with Gasteiger partial charge in [0, 0.05) is 0 Å². The lowest BCUT2D eigenvalue weighted by Crippen LogP contribution is -2.46. The first-order valence-electron chi connectivity index (χ1n) is 8.92. The Morgan fingerprint density at radius 1 is 1.42 bits per heavy atom. The smallest absolute Gasteiger partial charge is 0.373 e. The highest BCUT2D eigenvalue weighted by molar-refractivity contribution is 6.07. The van der Waals surface area contributed by atoms with Gasteiger partial charge in [-0.1, -0.05) is 20.8 Å². The molecule has 1 atom stereocenters. The third-order valence-corrected chi connectivity index (χ3v) is 5.66. The fourth-order valence-corrected chi connectivity index (χ4v) is 3.74. The third kappa shape index (κ3) is 2.15. The molecule has 140 valence electrons. The summed E-state index contributed by atoms with van der Waals surface area (Å²) in [6, 6.07) is 0. The molecule has 0 spiro atoms. The van der Waals surface area contributed by atoms with E-state index in [1.807, 2.05) is 64.2 Å². The monoisotopic (exact) mass is 359 g/mol. The van der Waals surface area contributed by atoms with Gasteiger partial charge in [-0.3, -0.25) is 9.69 Å². The van der Waals surface area contributed by atoms with E-state index in [4.69, 9.17) is 0 Å². The summed E-state index contributed by atoms with van der Waals surface area (Å²) in [6.45, 7) is 9.68. The van der Waals surface area contributed by atoms with Crippen LogP contribution in [0.25, 0.3) is 5.52 Å². The first-order chi connectivity index (χ1) is 12.1. The van der Waals surface area contributed by atoms with Crippen molar-refractivity contribution in [3.05, 3.63) is 22.9 Å². The summed E-state index contributed by atoms with van der Waals surface area (Å²) in [5.74, 6) is 0.199. The van der Waals surface area contributed by atoms with E-state index < -0.39 is 11.5 Å². The second kappa shape index (κ2) is 5.72. The Bertz CT molecular complexity index is 942. The number of rotatable bonds is 4. The third-order valence-electron chi connectivity index (χ3n) is 5.66. The van der Waals surface area contributed by atoms with Crippen LogP contribution in [0, 0.1) is 12.8 Å². The highest BCUT2D eigenvalue weighted by Crippen LogP contribution is 2.39. The van der Waals surface area contributed by atoms with Gasteiger partial charge in [0.25, 0.3) is 0 Å². The zero-order valence-electron chi connectivity index (χ0n) is 16.5. The number of imidazole rings is 1. The average molecular weight is 359 g/mol. The van der Waals surface area contributed by atoms with Crippen LogP contribution in [0.1, 0.15) is 54.0 Å². The molecule has 0 radical (unpaired) electrons. The van der Waals surface area contributed by atoms with Crippen molar-refractivity contribution < 1.29 is 19.1 Å². The first kappa shape index (κ1) is 18.2. The largest absolute Gasteiger partial charge is 0.478 e. The van der Waals surface area contributed by atoms with Gasteiger partial charge in [0.05, 0.1) is 20.3 Å². The Kier molecular flexibility index (Phi) is 4.01. The number of pyridine rings is 1. The molecule has 1 aliphatic heterocycles. The fraction of sp³-hybridized carbons (Fsp3) is 0.526. The number of carboxylic acid groups (broad SMARTS) is 1. The topological polar surface area (TPSA) is 78.7 Å². The molecule has 2 N–H and O–H groups in total. The predicted molar refractivity (Wildman–Crippen MR) is 100 cm³/mol. The molecule has 2 aromatic heterocycles. The van der Waals surface area contributed by atoms with Crippen molar-refractivity contribution in [2.45, 2.75) is 46.6 Å². The van der Waals surface area contributed by atoms with Crippen molar-refractivity contribution >= 4 is 29.2 Å². The molecular weight excluding hydrogens is 332 g/mol. The summed E-state index contributed by atoms with van der Waals surface area (Å²) in [5, 5.41) is 13.3. The standard InChI is InChI=1S/C19H26N4O3/c1-8-12-9-22-14(13(11(12)4)16(24)25)15-20-19(5,10(2)3)17(26)23(15)18(22)21(6)7/h9-10,20H,8H2,1-7H3/p+1. The molecule has 7 nitrogen and oxygen atoms in total. The van der Waals surface area contributed by atoms with Crippen molar-refractivity contribution in [3.8, 4) is 0 Å². The molecule has 3 heterocycles. The Morgan fingerprint density at radius 3 is 2.50 bits per heavy atom. The molecule has 7 heteroatoms. The molecule has 2 aromatic rings. The number of aromatic carboxylic acids is 1. The van der Waals surface area contributed by atoms with E-state index in [0.29, 0.717) is 23.7 Å². The van der Waals surface area contributed by atoms with Gasteiger partial charge in [0.15, 0.2) is 5.52 Å². The minimum absolute atomic E-state index is 0.0502. The summed E-state index contributed by atoms with van der Waals surface area (Å²) in [7, 11) is 3.72. The molecule has 0 saturated heterocycles. The number of carboxylic acids is 1. The zero-order chi connectivity index (χ0) is 19.5. The number of aryl methyl sites for hydroxylation is 1. The summed E-state index contributed by atoms with van der Waals surface area (Å²) in [4.78, 5) is 27.2. The SMILES string of the molecule is CCc1c[n+]2c(N(C)C)n3c(c2c(C(=O)O)c1C)NC(C)(C(C)C)C3=O. The second-order valence-electron chi connectivity index (χ2n) is 7.70. The van der Waals surface area contributed by atoms with Gasteiger partial charge >= 0.3 is 17.8 Å². The molecule has 1 unspecified atom stereocenters. The van der Waals surface area contributed by atoms with Crippen LogP contribution in [-0.2, 0) is 6.42 Å². The number of hydrogen-bond donors (Lipinski definition) is 2. The van der Waals surface area contributed by atoms with Crippen molar-refractivity contribution in [2.75, 3.05) is 24.3 Å². The van der Waals surface area contributed by atoms with Gasteiger partial charge < -0.3 is 10.4 Å². The van der Waals surface area contributed by atoms with E-state index in [0.717, 1.165) is 11.1 Å². The van der Waals surface area contributed by atoms with Crippen LogP contribution in [0.3, 0.4) is 0 Å². The molecule has 3 rings (SSSR count). The van der Waals surface area contributed by atoms with Crippen molar-refractivity contribution in [2.24, 2.45) is 5.92 Å². The number of carbonyl (C=O) groups excluding carboxylic acids is 1. The normalized spacial score (nSPS) is 19.2. The summed E-state index contributed by atoms with van der Waals surface area (Å²) in [5.41, 5.74) is 1.70. The van der Waals surface area contributed by atoms with Gasteiger partial charge in [-0.15, -0.1) is 4.57 Å². The number of anilines is 2. The van der Waals surface area contributed by atoms with Crippen LogP contribution >= 0.6 is 0 Å². The molecule has 0 fully saturated rings. The Labute approximate surface area is 153 Å². The first-order valence-corrected chi connectivity index (χ1v) is 8.92. The lowest BCUT2D eigenvalue weighted by Gasteiger charge is -2.25. The fourth-order valence-electron chi connectivity index (χ4n) is 3.74. The highest BCUT2D eigenvalue weighted by atomic mass is 16.4. The van der Waals surface area contributed by atoms with Crippen LogP contribution in [0.5, 0.6) is 0 Å². The average Bonchev–Trinajstić information content (AvgIpc) is 2.99. The quantitative estimate of drug-likeness (QED) is 0.819. The minimum Gasteiger partial charge on any atom is -0.478 e. The van der Waals surface area contributed by atoms with Gasteiger partial charge in [-0.2, -0.15) is 4.40 Å². The molecule has 0 aromatic carbocycles. The molecule has 0 saturated carbocycles. The molecule has 1 aliphatic rings. The maximum atomic E-state index is 13.3. The number of nitrogens with one attached hydrogen (secondary N) is 1. The number of nitrogens with zero attached hydrogens (tertiary/aromatic N) is 3. The van der Waals surface area contributed by atoms with E-state index in [-0.39, 0.29) is 17.4 Å². The lowest BCUT2D eigenvalue weighted by molar-refractivity contribution is -0.498. The van der Waals surface area contributed by atoms with Gasteiger partial charge in [-0.25, -0.2) is 4.79 Å². The van der Waals surface area contributed by atoms with Crippen LogP contribution < -0.4 is 14.6 Å². The summed E-state index contributed by atoms with van der Waals surface area (Å²) >= 11 is 0. The van der Waals surface area contributed by atoms with Crippen LogP contribution in [0.4, 0.5) is 11.8 Å². The van der Waals surface area contributed by atoms with Gasteiger partial charge in [0.2, 0.25) is 5.82 Å². The van der Waals surface area contributed by atoms with Gasteiger partial charge in [-0.05, 0) is 37.3 Å². The number of carbonyl (C=O) groups is 2. The van der Waals surface area contributed by atoms with Crippen molar-refractivity contribution in [1.29, 1.82) is 0 Å². The van der Waals surface area contributed by atoms with E-state index in [1.54, 1.807) is 4.57 Å². The Hall–Kier alpha value is -2.57. The highest BCUT2D eigenvalue weighted by Gasteiger charge is 2.52. The van der Waals surface area contributed by atoms with Crippen LogP contribution in [0.2, 0.25) is 0 Å². The van der Waals surface area contributed by atoms with Crippen LogP contribution in [0.15, 0.2) is 6.20 Å². The summed E-state index contributed by atoms with van der Waals surface area (Å²) in [6.07, 6.45) is 2.66. The van der Waals surface area contributed by atoms with E-state index >= 15 is 0 Å². The minimum atomic E-state index is -0.985. The predicted octanol–water partition coefficient (Wildman–Crippen LogP) is 2.34. The number of fused-ring (bicyclic) bond motifs is 3. The van der Waals surface area contributed by atoms with Crippen LogP contribution in [-0.4, -0.2) is 41.2 Å². The maximum absolute atomic E-state index is 13.3. The molecule has 0 amide bonds. The van der Waals surface area contributed by atoms with E-state index in [9.17, 15) is 14.7 Å². The zero-order valence-corrected chi connectivity index (χ0v) is 16.5. The number of hydrogen-bond acceptors (Lipinski definition) is 4. The van der Waals surface area contributed by atoms with E-state index in [2.05, 4.69) is 5.32 Å². The van der Waals surface area contributed by atoms with Crippen molar-refractivity contribution in [3.63, 3.8) is 0 Å². The van der Waals surface area contributed by atoms with Gasteiger partial charge in [0.1, 0.15) is 11.1 Å². The molecular formula is C19H27N4O3+. The molecule has 0 aliphatic carbocycles. The Morgan fingerprint density at radius 2 is 2.04 bits per heavy atom. The maximum Gasteiger partial charge on any atom is 0.373 e.